The van der Waals surface area contributed by atoms with Gasteiger partial charge in [0.1, 0.15) is 18.2 Å². The molecule has 1 saturated heterocycles. The van der Waals surface area contributed by atoms with Gasteiger partial charge in [-0.05, 0) is 17.7 Å². The minimum absolute atomic E-state index is 0.00631. The van der Waals surface area contributed by atoms with Crippen molar-refractivity contribution in [1.29, 1.82) is 0 Å². The molecule has 2 heterocycles. The van der Waals surface area contributed by atoms with Crippen molar-refractivity contribution in [2.45, 2.75) is 12.6 Å². The molecule has 2 aromatic rings. The number of carbonyl (C=O) groups excluding carboxylic acids is 1. The fourth-order valence-electron chi connectivity index (χ4n) is 3.32. The van der Waals surface area contributed by atoms with E-state index in [1.807, 2.05) is 42.1 Å². The number of piperazine rings is 1. The van der Waals surface area contributed by atoms with E-state index in [0.29, 0.717) is 26.3 Å². The number of rotatable bonds is 9. The van der Waals surface area contributed by atoms with E-state index >= 15 is 0 Å². The second-order valence-electron chi connectivity index (χ2n) is 6.85. The highest BCUT2D eigenvalue weighted by atomic mass is 16.5. The van der Waals surface area contributed by atoms with E-state index in [1.54, 1.807) is 13.3 Å². The zero-order valence-electron chi connectivity index (χ0n) is 16.6. The highest BCUT2D eigenvalue weighted by Gasteiger charge is 2.28. The number of carbonyl (C=O) groups is 1. The highest BCUT2D eigenvalue weighted by molar-refractivity contribution is 5.78. The number of methoxy groups -OCH3 is 1. The monoisotopic (exact) mass is 387 g/mol. The van der Waals surface area contributed by atoms with Gasteiger partial charge < -0.3 is 24.7 Å². The number of aryl methyl sites for hydroxylation is 1. The van der Waals surface area contributed by atoms with Gasteiger partial charge in [-0.3, -0.25) is 9.69 Å². The smallest absolute Gasteiger partial charge is 0.234 e. The molecular weight excluding hydrogens is 358 g/mol. The van der Waals surface area contributed by atoms with Crippen LogP contribution in [0.4, 0.5) is 0 Å². The minimum atomic E-state index is 0.00631. The molecule has 1 amide bonds. The average molecular weight is 387 g/mol. The van der Waals surface area contributed by atoms with Crippen LogP contribution in [0.15, 0.2) is 36.7 Å². The minimum Gasteiger partial charge on any atom is -0.491 e. The lowest BCUT2D eigenvalue weighted by atomic mass is 10.1. The second-order valence-corrected chi connectivity index (χ2v) is 6.85. The lowest BCUT2D eigenvalue weighted by Crippen LogP contribution is -2.50. The van der Waals surface area contributed by atoms with Gasteiger partial charge in [-0.2, -0.15) is 0 Å². The van der Waals surface area contributed by atoms with Crippen LogP contribution in [0.1, 0.15) is 17.4 Å². The molecular formula is C20H29N5O3. The molecule has 8 heteroatoms. The summed E-state index contributed by atoms with van der Waals surface area (Å²) < 4.78 is 12.6. The number of amides is 1. The van der Waals surface area contributed by atoms with Crippen molar-refractivity contribution in [1.82, 2.24) is 25.1 Å². The largest absolute Gasteiger partial charge is 0.491 e. The number of ether oxygens (including phenoxy) is 2. The summed E-state index contributed by atoms with van der Waals surface area (Å²) in [5.41, 5.74) is 1.00. The molecule has 1 aliphatic heterocycles. The molecule has 3 rings (SSSR count). The van der Waals surface area contributed by atoms with Crippen molar-refractivity contribution in [2.75, 3.05) is 46.5 Å². The molecule has 152 valence electrons. The van der Waals surface area contributed by atoms with Gasteiger partial charge in [-0.25, -0.2) is 4.98 Å². The van der Waals surface area contributed by atoms with Crippen molar-refractivity contribution in [3.63, 3.8) is 0 Å². The molecule has 8 nitrogen and oxygen atoms in total. The molecule has 1 atom stereocenters. The van der Waals surface area contributed by atoms with E-state index in [-0.39, 0.29) is 11.9 Å². The molecule has 0 spiro atoms. The van der Waals surface area contributed by atoms with Crippen LogP contribution in [0.25, 0.3) is 0 Å². The molecule has 2 N–H and O–H groups in total. The maximum Gasteiger partial charge on any atom is 0.234 e. The van der Waals surface area contributed by atoms with Crippen LogP contribution in [-0.2, 0) is 23.1 Å². The third-order valence-electron chi connectivity index (χ3n) is 4.80. The Labute approximate surface area is 165 Å². The van der Waals surface area contributed by atoms with E-state index in [1.165, 1.54) is 0 Å². The number of benzene rings is 1. The number of aromatic nitrogens is 2. The summed E-state index contributed by atoms with van der Waals surface area (Å²) >= 11 is 0. The van der Waals surface area contributed by atoms with Gasteiger partial charge in [0.25, 0.3) is 0 Å². The quantitative estimate of drug-likeness (QED) is 0.617. The Kier molecular flexibility index (Phi) is 7.41. The van der Waals surface area contributed by atoms with Crippen LogP contribution in [0.3, 0.4) is 0 Å². The van der Waals surface area contributed by atoms with Gasteiger partial charge in [0, 0.05) is 52.7 Å². The SMILES string of the molecule is COCCOc1cccc(CNC(=O)CN2CCNCC2c2nccn2C)c1. The van der Waals surface area contributed by atoms with Gasteiger partial charge in [0.05, 0.1) is 19.2 Å². The molecule has 1 aliphatic rings. The van der Waals surface area contributed by atoms with Gasteiger partial charge in [0.15, 0.2) is 0 Å². The molecule has 1 unspecified atom stereocenters. The number of nitrogens with zero attached hydrogens (tertiary/aromatic N) is 3. The van der Waals surface area contributed by atoms with Crippen LogP contribution in [-0.4, -0.2) is 66.9 Å². The van der Waals surface area contributed by atoms with Crippen molar-refractivity contribution < 1.29 is 14.3 Å². The lowest BCUT2D eigenvalue weighted by molar-refractivity contribution is -0.123. The van der Waals surface area contributed by atoms with E-state index < -0.39 is 0 Å². The predicted octanol–water partition coefficient (Wildman–Crippen LogP) is 0.708. The maximum absolute atomic E-state index is 12.5. The zero-order valence-corrected chi connectivity index (χ0v) is 16.6. The first kappa shape index (κ1) is 20.3. The Balaban J connectivity index is 1.52. The first-order valence-corrected chi connectivity index (χ1v) is 9.56. The van der Waals surface area contributed by atoms with Crippen LogP contribution in [0, 0.1) is 0 Å². The molecule has 28 heavy (non-hydrogen) atoms. The van der Waals surface area contributed by atoms with Gasteiger partial charge >= 0.3 is 0 Å². The molecule has 1 aromatic carbocycles. The van der Waals surface area contributed by atoms with Gasteiger partial charge in [-0.15, -0.1) is 0 Å². The predicted molar refractivity (Wildman–Crippen MR) is 106 cm³/mol. The Morgan fingerprint density at radius 2 is 2.29 bits per heavy atom. The van der Waals surface area contributed by atoms with Crippen LogP contribution >= 0.6 is 0 Å². The van der Waals surface area contributed by atoms with Crippen molar-refractivity contribution >= 4 is 5.91 Å². The van der Waals surface area contributed by atoms with Crippen LogP contribution in [0.5, 0.6) is 5.75 Å². The summed E-state index contributed by atoms with van der Waals surface area (Å²) in [5.74, 6) is 1.76. The van der Waals surface area contributed by atoms with Crippen molar-refractivity contribution in [3.8, 4) is 5.75 Å². The third kappa shape index (κ3) is 5.54. The van der Waals surface area contributed by atoms with Crippen LogP contribution in [0.2, 0.25) is 0 Å². The molecule has 1 aromatic heterocycles. The molecule has 0 radical (unpaired) electrons. The number of nitrogens with one attached hydrogen (secondary N) is 2. The Hall–Kier alpha value is -2.42. The summed E-state index contributed by atoms with van der Waals surface area (Å²) in [6, 6.07) is 7.84. The topological polar surface area (TPSA) is 80.7 Å². The summed E-state index contributed by atoms with van der Waals surface area (Å²) in [6.07, 6.45) is 3.73. The normalized spacial score (nSPS) is 17.4. The highest BCUT2D eigenvalue weighted by Crippen LogP contribution is 2.20. The lowest BCUT2D eigenvalue weighted by Gasteiger charge is -2.35. The number of hydrogen-bond donors (Lipinski definition) is 2. The maximum atomic E-state index is 12.5. The first-order valence-electron chi connectivity index (χ1n) is 9.56. The van der Waals surface area contributed by atoms with E-state index in [4.69, 9.17) is 9.47 Å². The molecule has 1 fully saturated rings. The Bertz CT molecular complexity index is 764. The summed E-state index contributed by atoms with van der Waals surface area (Å²) in [7, 11) is 3.63. The Morgan fingerprint density at radius 3 is 3.07 bits per heavy atom. The van der Waals surface area contributed by atoms with E-state index in [9.17, 15) is 4.79 Å². The van der Waals surface area contributed by atoms with E-state index in [0.717, 1.165) is 36.8 Å². The molecule has 0 saturated carbocycles. The molecule has 0 bridgehead atoms. The van der Waals surface area contributed by atoms with Gasteiger partial charge in [-0.1, -0.05) is 12.1 Å². The standard InChI is InChI=1S/C20H29N5O3/c1-24-8-7-22-20(24)18-14-21-6-9-25(18)15-19(26)23-13-16-4-3-5-17(12-16)28-11-10-27-2/h3-5,7-8,12,18,21H,6,9-11,13-15H2,1-2H3,(H,23,26). The summed E-state index contributed by atoms with van der Waals surface area (Å²) in [5, 5.41) is 6.40. The summed E-state index contributed by atoms with van der Waals surface area (Å²) in [6.45, 7) is 4.34. The third-order valence-corrected chi connectivity index (χ3v) is 4.80. The molecule has 0 aliphatic carbocycles. The van der Waals surface area contributed by atoms with E-state index in [2.05, 4.69) is 20.5 Å². The Morgan fingerprint density at radius 1 is 1.39 bits per heavy atom. The second kappa shape index (κ2) is 10.2. The number of imidazole rings is 1. The summed E-state index contributed by atoms with van der Waals surface area (Å²) in [4.78, 5) is 19.2. The van der Waals surface area contributed by atoms with Crippen molar-refractivity contribution in [2.24, 2.45) is 7.05 Å². The first-order chi connectivity index (χ1) is 13.7. The van der Waals surface area contributed by atoms with Crippen LogP contribution < -0.4 is 15.4 Å². The number of hydrogen-bond acceptors (Lipinski definition) is 6. The zero-order chi connectivity index (χ0) is 19.8. The average Bonchev–Trinajstić information content (AvgIpc) is 3.13. The fraction of sp³-hybridized carbons (Fsp3) is 0.500. The van der Waals surface area contributed by atoms with Gasteiger partial charge in [0.2, 0.25) is 5.91 Å². The fourth-order valence-corrected chi connectivity index (χ4v) is 3.32. The van der Waals surface area contributed by atoms with Crippen molar-refractivity contribution in [3.05, 3.63) is 48.0 Å².